The van der Waals surface area contributed by atoms with E-state index in [9.17, 15) is 0 Å². The molecule has 0 saturated heterocycles. The van der Waals surface area contributed by atoms with Gasteiger partial charge in [0.05, 0.1) is 0 Å². The zero-order chi connectivity index (χ0) is 13.7. The summed E-state index contributed by atoms with van der Waals surface area (Å²) >= 11 is 0. The van der Waals surface area contributed by atoms with Crippen molar-refractivity contribution < 1.29 is 0 Å². The van der Waals surface area contributed by atoms with Crippen LogP contribution >= 0.6 is 0 Å². The highest BCUT2D eigenvalue weighted by atomic mass is 14.5. The van der Waals surface area contributed by atoms with Crippen LogP contribution in [0.5, 0.6) is 0 Å². The molecule has 108 valence electrons. The smallest absolute Gasteiger partial charge is 0.0156 e. The van der Waals surface area contributed by atoms with Gasteiger partial charge >= 0.3 is 0 Å². The van der Waals surface area contributed by atoms with E-state index < -0.39 is 0 Å². The maximum Gasteiger partial charge on any atom is -0.0156 e. The van der Waals surface area contributed by atoms with E-state index in [1.165, 1.54) is 44.1 Å². The van der Waals surface area contributed by atoms with Gasteiger partial charge in [0.15, 0.2) is 0 Å². The van der Waals surface area contributed by atoms with E-state index in [1.807, 2.05) is 0 Å². The molecule has 1 aromatic carbocycles. The molecule has 0 heteroatoms. The van der Waals surface area contributed by atoms with Gasteiger partial charge in [0, 0.05) is 0 Å². The third-order valence-electron chi connectivity index (χ3n) is 6.89. The van der Waals surface area contributed by atoms with Crippen molar-refractivity contribution in [3.05, 3.63) is 35.4 Å². The summed E-state index contributed by atoms with van der Waals surface area (Å²) in [5.41, 5.74) is 3.76. The average Bonchev–Trinajstić information content (AvgIpc) is 3.06. The molecule has 0 aromatic heterocycles. The van der Waals surface area contributed by atoms with Gasteiger partial charge in [-0.15, -0.1) is 0 Å². The summed E-state index contributed by atoms with van der Waals surface area (Å²) < 4.78 is 0. The predicted octanol–water partition coefficient (Wildman–Crippen LogP) is 5.71. The molecule has 0 radical (unpaired) electrons. The van der Waals surface area contributed by atoms with E-state index in [-0.39, 0.29) is 0 Å². The lowest BCUT2D eigenvalue weighted by Gasteiger charge is -2.35. The molecule has 0 N–H and O–H groups in total. The molecule has 4 rings (SSSR count). The first kappa shape index (κ1) is 12.9. The van der Waals surface area contributed by atoms with Crippen molar-refractivity contribution >= 4 is 0 Å². The Hall–Kier alpha value is -0.780. The van der Waals surface area contributed by atoms with Crippen molar-refractivity contribution in [1.29, 1.82) is 0 Å². The second-order valence-corrected chi connectivity index (χ2v) is 8.26. The normalized spacial score (nSPS) is 38.5. The Bertz CT molecular complexity index is 479. The molecule has 20 heavy (non-hydrogen) atoms. The minimum Gasteiger partial charge on any atom is -0.0594 e. The van der Waals surface area contributed by atoms with Crippen LogP contribution in [-0.4, -0.2) is 0 Å². The molecule has 1 aromatic rings. The second-order valence-electron chi connectivity index (χ2n) is 8.26. The number of hydrogen-bond acceptors (Lipinski definition) is 0. The Morgan fingerprint density at radius 1 is 0.900 bits per heavy atom. The van der Waals surface area contributed by atoms with Crippen molar-refractivity contribution in [3.63, 3.8) is 0 Å². The largest absolute Gasteiger partial charge is 0.0594 e. The van der Waals surface area contributed by atoms with Gasteiger partial charge in [-0.25, -0.2) is 0 Å². The molecule has 0 amide bonds. The van der Waals surface area contributed by atoms with Gasteiger partial charge in [0.1, 0.15) is 0 Å². The van der Waals surface area contributed by atoms with Gasteiger partial charge in [0.25, 0.3) is 0 Å². The molecular weight excluding hydrogens is 240 g/mol. The molecule has 4 unspecified atom stereocenters. The number of benzene rings is 1. The van der Waals surface area contributed by atoms with Crippen LogP contribution in [0.3, 0.4) is 0 Å². The summed E-state index contributed by atoms with van der Waals surface area (Å²) in [6, 6.07) is 9.37. The molecule has 3 saturated carbocycles. The molecule has 3 aliphatic carbocycles. The van der Waals surface area contributed by atoms with E-state index in [1.54, 1.807) is 12.0 Å². The molecule has 0 heterocycles. The van der Waals surface area contributed by atoms with E-state index >= 15 is 0 Å². The van der Waals surface area contributed by atoms with Crippen LogP contribution in [0.15, 0.2) is 24.3 Å². The summed E-state index contributed by atoms with van der Waals surface area (Å²) in [5, 5.41) is 0. The van der Waals surface area contributed by atoms with Gasteiger partial charge in [-0.05, 0) is 86.5 Å². The van der Waals surface area contributed by atoms with E-state index in [2.05, 4.69) is 38.1 Å². The third kappa shape index (κ3) is 2.22. The van der Waals surface area contributed by atoms with Crippen LogP contribution in [0.2, 0.25) is 0 Å². The molecule has 0 aliphatic heterocycles. The van der Waals surface area contributed by atoms with Crippen molar-refractivity contribution in [2.45, 2.75) is 64.7 Å². The van der Waals surface area contributed by atoms with Gasteiger partial charge in [-0.1, -0.05) is 36.8 Å². The van der Waals surface area contributed by atoms with Gasteiger partial charge in [-0.3, -0.25) is 0 Å². The van der Waals surface area contributed by atoms with Gasteiger partial charge in [-0.2, -0.15) is 0 Å². The van der Waals surface area contributed by atoms with Crippen LogP contribution in [0.4, 0.5) is 0 Å². The highest BCUT2D eigenvalue weighted by Crippen LogP contribution is 2.60. The van der Waals surface area contributed by atoms with Crippen LogP contribution in [0.1, 0.15) is 68.9 Å². The first-order valence-electron chi connectivity index (χ1n) is 8.71. The van der Waals surface area contributed by atoms with Crippen molar-refractivity contribution in [2.75, 3.05) is 0 Å². The molecule has 0 nitrogen and oxygen atoms in total. The maximum atomic E-state index is 2.55. The summed E-state index contributed by atoms with van der Waals surface area (Å²) in [6.45, 7) is 4.74. The Morgan fingerprint density at radius 2 is 1.60 bits per heavy atom. The SMILES string of the molecule is Cc1ccc(C2CC3CCC(C4(C)CC4)CC3C2)cc1. The fraction of sp³-hybridized carbons (Fsp3) is 0.700. The molecule has 3 fully saturated rings. The Balaban J connectivity index is 1.46. The second kappa shape index (κ2) is 4.61. The average molecular weight is 268 g/mol. The minimum absolute atomic E-state index is 0.757. The predicted molar refractivity (Wildman–Crippen MR) is 84.8 cm³/mol. The monoisotopic (exact) mass is 268 g/mol. The standard InChI is InChI=1S/C20H28/c1-14-3-5-15(6-4-14)17-11-16-7-8-19(13-18(16)12-17)20(2)9-10-20/h3-6,16-19H,7-13H2,1-2H3. The van der Waals surface area contributed by atoms with Crippen LogP contribution in [-0.2, 0) is 0 Å². The first-order valence-corrected chi connectivity index (χ1v) is 8.71. The number of fused-ring (bicyclic) bond motifs is 1. The van der Waals surface area contributed by atoms with Crippen LogP contribution in [0.25, 0.3) is 0 Å². The Morgan fingerprint density at radius 3 is 2.30 bits per heavy atom. The van der Waals surface area contributed by atoms with Crippen molar-refractivity contribution in [2.24, 2.45) is 23.2 Å². The summed E-state index contributed by atoms with van der Waals surface area (Å²) in [6.07, 6.45) is 10.6. The Kier molecular flexibility index (Phi) is 2.98. The van der Waals surface area contributed by atoms with E-state index in [0.29, 0.717) is 0 Å². The Labute approximate surface area is 124 Å². The number of hydrogen-bond donors (Lipinski definition) is 0. The zero-order valence-corrected chi connectivity index (χ0v) is 13.1. The highest BCUT2D eigenvalue weighted by molar-refractivity contribution is 5.25. The van der Waals surface area contributed by atoms with Gasteiger partial charge < -0.3 is 0 Å². The lowest BCUT2D eigenvalue weighted by atomic mass is 9.70. The van der Waals surface area contributed by atoms with E-state index in [0.717, 1.165) is 29.1 Å². The minimum atomic E-state index is 0.757. The molecule has 4 atom stereocenters. The van der Waals surface area contributed by atoms with E-state index in [4.69, 9.17) is 0 Å². The summed E-state index contributed by atoms with van der Waals surface area (Å²) in [5.74, 6) is 3.99. The molecular formula is C20H28. The van der Waals surface area contributed by atoms with Gasteiger partial charge in [0.2, 0.25) is 0 Å². The van der Waals surface area contributed by atoms with Crippen molar-refractivity contribution in [1.82, 2.24) is 0 Å². The molecule has 0 bridgehead atoms. The summed E-state index contributed by atoms with van der Waals surface area (Å²) in [7, 11) is 0. The van der Waals surface area contributed by atoms with Crippen molar-refractivity contribution in [3.8, 4) is 0 Å². The fourth-order valence-electron chi connectivity index (χ4n) is 5.10. The number of rotatable bonds is 2. The zero-order valence-electron chi connectivity index (χ0n) is 13.1. The first-order chi connectivity index (χ1) is 9.64. The van der Waals surface area contributed by atoms with Crippen LogP contribution < -0.4 is 0 Å². The van der Waals surface area contributed by atoms with Crippen LogP contribution in [0, 0.1) is 30.1 Å². The maximum absolute atomic E-state index is 2.55. The highest BCUT2D eigenvalue weighted by Gasteiger charge is 2.49. The lowest BCUT2D eigenvalue weighted by molar-refractivity contribution is 0.152. The topological polar surface area (TPSA) is 0 Å². The molecule has 0 spiro atoms. The lowest BCUT2D eigenvalue weighted by Crippen LogP contribution is -2.25. The summed E-state index contributed by atoms with van der Waals surface area (Å²) in [4.78, 5) is 0. The fourth-order valence-corrected chi connectivity index (χ4v) is 5.10. The quantitative estimate of drug-likeness (QED) is 0.645. The third-order valence-corrected chi connectivity index (χ3v) is 6.89. The number of aryl methyl sites for hydroxylation is 1. The molecule has 3 aliphatic rings.